The third kappa shape index (κ3) is 2.72. The van der Waals surface area contributed by atoms with Gasteiger partial charge in [0.05, 0.1) is 0 Å². The van der Waals surface area contributed by atoms with Crippen molar-refractivity contribution < 1.29 is 4.52 Å². The van der Waals surface area contributed by atoms with Gasteiger partial charge in [-0.05, 0) is 35.7 Å². The normalized spacial score (nSPS) is 10.7. The van der Waals surface area contributed by atoms with Gasteiger partial charge in [0.1, 0.15) is 0 Å². The fourth-order valence-electron chi connectivity index (χ4n) is 2.71. The van der Waals surface area contributed by atoms with Crippen LogP contribution in [-0.4, -0.2) is 10.1 Å². The number of hydrogen-bond acceptors (Lipinski definition) is 3. The largest absolute Gasteiger partial charge is 0.334 e. The molecule has 24 heavy (non-hydrogen) atoms. The van der Waals surface area contributed by atoms with E-state index in [-0.39, 0.29) is 0 Å². The van der Waals surface area contributed by atoms with E-state index in [0.717, 1.165) is 22.3 Å². The molecule has 0 amide bonds. The van der Waals surface area contributed by atoms with Crippen LogP contribution in [0.25, 0.3) is 34.0 Å². The summed E-state index contributed by atoms with van der Waals surface area (Å²) in [6.45, 7) is 2.04. The molecule has 0 spiro atoms. The summed E-state index contributed by atoms with van der Waals surface area (Å²) in [4.78, 5) is 4.54. The van der Waals surface area contributed by atoms with Crippen LogP contribution < -0.4 is 0 Å². The van der Waals surface area contributed by atoms with E-state index in [4.69, 9.17) is 4.52 Å². The highest BCUT2D eigenvalue weighted by Crippen LogP contribution is 2.26. The highest BCUT2D eigenvalue weighted by Gasteiger charge is 2.12. The van der Waals surface area contributed by atoms with Gasteiger partial charge in [0.2, 0.25) is 5.82 Å². The summed E-state index contributed by atoms with van der Waals surface area (Å²) < 4.78 is 5.44. The van der Waals surface area contributed by atoms with Gasteiger partial charge in [-0.25, -0.2) is 0 Å². The summed E-state index contributed by atoms with van der Waals surface area (Å²) in [5, 5.41) is 4.12. The van der Waals surface area contributed by atoms with Crippen LogP contribution >= 0.6 is 0 Å². The molecule has 0 N–H and O–H groups in total. The Morgan fingerprint density at radius 3 is 2.04 bits per heavy atom. The van der Waals surface area contributed by atoms with Gasteiger partial charge in [0.25, 0.3) is 5.89 Å². The molecule has 0 fully saturated rings. The van der Waals surface area contributed by atoms with E-state index in [9.17, 15) is 0 Å². The smallest absolute Gasteiger partial charge is 0.258 e. The minimum absolute atomic E-state index is 0.535. The molecule has 3 aromatic carbocycles. The minimum atomic E-state index is 0.535. The average molecular weight is 312 g/mol. The maximum atomic E-state index is 5.44. The van der Waals surface area contributed by atoms with Crippen molar-refractivity contribution in [3.8, 4) is 34.0 Å². The molecule has 3 heteroatoms. The van der Waals surface area contributed by atoms with Crippen molar-refractivity contribution in [3.63, 3.8) is 0 Å². The molecule has 0 aliphatic heterocycles. The lowest BCUT2D eigenvalue weighted by molar-refractivity contribution is 0.432. The lowest BCUT2D eigenvalue weighted by Crippen LogP contribution is -1.85. The predicted molar refractivity (Wildman–Crippen MR) is 95.3 cm³/mol. The molecule has 0 aliphatic rings. The zero-order valence-electron chi connectivity index (χ0n) is 13.3. The molecule has 1 aromatic heterocycles. The summed E-state index contributed by atoms with van der Waals surface area (Å²) in [6, 6.07) is 26.5. The first kappa shape index (κ1) is 14.4. The van der Waals surface area contributed by atoms with Gasteiger partial charge in [0.15, 0.2) is 0 Å². The van der Waals surface area contributed by atoms with E-state index < -0.39 is 0 Å². The first-order chi connectivity index (χ1) is 11.8. The standard InChI is InChI=1S/C21H16N2O/c1-15-7-5-6-10-19(15)20-22-21(24-23-20)18-13-11-17(12-14-18)16-8-3-2-4-9-16/h2-14H,1H3. The molecule has 0 radical (unpaired) electrons. The van der Waals surface area contributed by atoms with Crippen molar-refractivity contribution in [2.75, 3.05) is 0 Å². The highest BCUT2D eigenvalue weighted by atomic mass is 16.5. The molecular weight excluding hydrogens is 296 g/mol. The quantitative estimate of drug-likeness (QED) is 0.510. The zero-order valence-corrected chi connectivity index (χ0v) is 13.3. The first-order valence-electron chi connectivity index (χ1n) is 7.87. The Kier molecular flexibility index (Phi) is 3.67. The molecule has 116 valence electrons. The Morgan fingerprint density at radius 2 is 1.29 bits per heavy atom. The molecule has 3 nitrogen and oxygen atoms in total. The van der Waals surface area contributed by atoms with Crippen molar-refractivity contribution in [1.29, 1.82) is 0 Å². The van der Waals surface area contributed by atoms with Crippen LogP contribution in [0.15, 0.2) is 83.4 Å². The second-order valence-corrected chi connectivity index (χ2v) is 5.68. The third-order valence-electron chi connectivity index (χ3n) is 4.05. The van der Waals surface area contributed by atoms with E-state index in [1.165, 1.54) is 5.56 Å². The molecule has 0 unspecified atom stereocenters. The van der Waals surface area contributed by atoms with Gasteiger partial charge in [0, 0.05) is 11.1 Å². The number of aromatic nitrogens is 2. The summed E-state index contributed by atoms with van der Waals surface area (Å²) in [5.41, 5.74) is 5.40. The summed E-state index contributed by atoms with van der Waals surface area (Å²) >= 11 is 0. The molecule has 4 aromatic rings. The average Bonchev–Trinajstić information content (AvgIpc) is 3.13. The minimum Gasteiger partial charge on any atom is -0.334 e. The van der Waals surface area contributed by atoms with Crippen LogP contribution in [0.2, 0.25) is 0 Å². The van der Waals surface area contributed by atoms with E-state index in [1.54, 1.807) is 0 Å². The van der Waals surface area contributed by atoms with Crippen LogP contribution in [0, 0.1) is 6.92 Å². The maximum absolute atomic E-state index is 5.44. The van der Waals surface area contributed by atoms with Gasteiger partial charge in [-0.3, -0.25) is 0 Å². The summed E-state index contributed by atoms with van der Waals surface area (Å²) in [6.07, 6.45) is 0. The number of hydrogen-bond donors (Lipinski definition) is 0. The Balaban J connectivity index is 1.65. The van der Waals surface area contributed by atoms with Gasteiger partial charge in [-0.15, -0.1) is 0 Å². The van der Waals surface area contributed by atoms with Crippen LogP contribution in [0.3, 0.4) is 0 Å². The van der Waals surface area contributed by atoms with Gasteiger partial charge < -0.3 is 4.52 Å². The Bertz CT molecular complexity index is 957. The molecular formula is C21H16N2O. The fourth-order valence-corrected chi connectivity index (χ4v) is 2.71. The zero-order chi connectivity index (χ0) is 16.4. The van der Waals surface area contributed by atoms with Crippen molar-refractivity contribution in [2.24, 2.45) is 0 Å². The Labute approximate surface area is 140 Å². The van der Waals surface area contributed by atoms with Crippen LogP contribution in [-0.2, 0) is 0 Å². The third-order valence-corrected chi connectivity index (χ3v) is 4.05. The van der Waals surface area contributed by atoms with Crippen LogP contribution in [0.5, 0.6) is 0 Å². The lowest BCUT2D eigenvalue weighted by Gasteiger charge is -2.01. The van der Waals surface area contributed by atoms with Crippen molar-refractivity contribution in [1.82, 2.24) is 10.1 Å². The molecule has 4 rings (SSSR count). The van der Waals surface area contributed by atoms with Gasteiger partial charge in [-0.1, -0.05) is 71.9 Å². The van der Waals surface area contributed by atoms with E-state index in [2.05, 4.69) is 34.4 Å². The first-order valence-corrected chi connectivity index (χ1v) is 7.87. The summed E-state index contributed by atoms with van der Waals surface area (Å²) in [5.74, 6) is 1.16. The number of benzene rings is 3. The van der Waals surface area contributed by atoms with Crippen LogP contribution in [0.4, 0.5) is 0 Å². The number of rotatable bonds is 3. The summed E-state index contributed by atoms with van der Waals surface area (Å²) in [7, 11) is 0. The molecule has 0 bridgehead atoms. The van der Waals surface area contributed by atoms with Crippen molar-refractivity contribution >= 4 is 0 Å². The van der Waals surface area contributed by atoms with E-state index in [0.29, 0.717) is 11.7 Å². The van der Waals surface area contributed by atoms with Crippen LogP contribution in [0.1, 0.15) is 5.56 Å². The van der Waals surface area contributed by atoms with Gasteiger partial charge in [-0.2, -0.15) is 4.98 Å². The highest BCUT2D eigenvalue weighted by molar-refractivity contribution is 5.68. The Hall–Kier alpha value is -3.20. The van der Waals surface area contributed by atoms with Crippen molar-refractivity contribution in [2.45, 2.75) is 6.92 Å². The van der Waals surface area contributed by atoms with E-state index in [1.807, 2.05) is 61.5 Å². The SMILES string of the molecule is Cc1ccccc1-c1noc(-c2ccc(-c3ccccc3)cc2)n1. The molecule has 0 saturated heterocycles. The molecule has 0 aliphatic carbocycles. The predicted octanol–water partition coefficient (Wildman–Crippen LogP) is 5.38. The van der Waals surface area contributed by atoms with Gasteiger partial charge >= 0.3 is 0 Å². The maximum Gasteiger partial charge on any atom is 0.258 e. The topological polar surface area (TPSA) is 38.9 Å². The van der Waals surface area contributed by atoms with E-state index >= 15 is 0 Å². The van der Waals surface area contributed by atoms with Crippen molar-refractivity contribution in [3.05, 3.63) is 84.4 Å². The second kappa shape index (κ2) is 6.13. The molecule has 1 heterocycles. The monoisotopic (exact) mass is 312 g/mol. The molecule has 0 atom stereocenters. The second-order valence-electron chi connectivity index (χ2n) is 5.68. The number of aryl methyl sites for hydroxylation is 1. The lowest BCUT2D eigenvalue weighted by atomic mass is 10.0. The number of nitrogens with zero attached hydrogens (tertiary/aromatic N) is 2. The Morgan fingerprint density at radius 1 is 0.667 bits per heavy atom. The fraction of sp³-hybridized carbons (Fsp3) is 0.0476. The molecule has 0 saturated carbocycles.